The van der Waals surface area contributed by atoms with Crippen molar-refractivity contribution < 1.29 is 4.39 Å². The van der Waals surface area contributed by atoms with Crippen molar-refractivity contribution in [1.29, 1.82) is 0 Å². The third-order valence-electron chi connectivity index (χ3n) is 4.18. The molecule has 1 aromatic carbocycles. The van der Waals surface area contributed by atoms with E-state index in [0.717, 1.165) is 6.04 Å². The average molecular weight is 206 g/mol. The molecule has 2 aliphatic rings. The number of likely N-dealkylation sites (N-methyl/N-ethyl adjacent to an activating group) is 1. The second-order valence-electron chi connectivity index (χ2n) is 4.86. The quantitative estimate of drug-likeness (QED) is 0.639. The lowest BCUT2D eigenvalue weighted by Gasteiger charge is -2.21. The van der Waals surface area contributed by atoms with Gasteiger partial charge in [-0.15, -0.1) is 0 Å². The summed E-state index contributed by atoms with van der Waals surface area (Å²) in [6, 6.07) is 8.54. The van der Waals surface area contributed by atoms with Crippen LogP contribution in [0.5, 0.6) is 0 Å². The van der Waals surface area contributed by atoms with Crippen molar-refractivity contribution in [3.05, 3.63) is 35.6 Å². The summed E-state index contributed by atoms with van der Waals surface area (Å²) in [5, 5.41) is 0. The van der Waals surface area contributed by atoms with Gasteiger partial charge in [0.1, 0.15) is 5.82 Å². The Hall–Kier alpha value is -0.890. The molecule has 0 amide bonds. The van der Waals surface area contributed by atoms with E-state index in [0.29, 0.717) is 12.0 Å². The predicted molar refractivity (Wildman–Crippen MR) is 58.3 cm³/mol. The summed E-state index contributed by atoms with van der Waals surface area (Å²) in [5.41, 5.74) is 1.32. The SMILES string of the molecule is [13CH3]N1[C@H]2CC[C@@H]1[C@@H](c1ccc(F)cc1)C2. The largest absolute Gasteiger partial charge is 0.300 e. The molecule has 0 aromatic heterocycles. The molecule has 3 atom stereocenters. The summed E-state index contributed by atoms with van der Waals surface area (Å²) in [5.74, 6) is 0.504. The number of rotatable bonds is 1. The van der Waals surface area contributed by atoms with Gasteiger partial charge in [0, 0.05) is 18.0 Å². The van der Waals surface area contributed by atoms with Gasteiger partial charge in [0.05, 0.1) is 0 Å². The standard InChI is InChI=1S/C13H16FN/c1-15-11-6-7-13(15)12(8-11)9-2-4-10(14)5-3-9/h2-5,11-13H,6-8H2,1H3/t11-,12+,13+/m0/s1/i1+1. The molecule has 0 unspecified atom stereocenters. The molecule has 2 heterocycles. The average Bonchev–Trinajstić information content (AvgIpc) is 2.75. The Morgan fingerprint density at radius 2 is 1.93 bits per heavy atom. The Kier molecular flexibility index (Phi) is 2.06. The van der Waals surface area contributed by atoms with E-state index in [1.807, 2.05) is 12.1 Å². The first-order valence-corrected chi connectivity index (χ1v) is 5.73. The molecule has 0 radical (unpaired) electrons. The zero-order valence-corrected chi connectivity index (χ0v) is 8.99. The number of benzene rings is 1. The van der Waals surface area contributed by atoms with Crippen molar-refractivity contribution >= 4 is 0 Å². The maximum Gasteiger partial charge on any atom is 0.123 e. The second kappa shape index (κ2) is 3.31. The van der Waals surface area contributed by atoms with Crippen molar-refractivity contribution in [3.8, 4) is 0 Å². The van der Waals surface area contributed by atoms with Gasteiger partial charge in [-0.1, -0.05) is 12.1 Å². The monoisotopic (exact) mass is 206 g/mol. The molecule has 2 saturated heterocycles. The number of hydrogen-bond acceptors (Lipinski definition) is 1. The molecule has 1 nitrogen and oxygen atoms in total. The Morgan fingerprint density at radius 3 is 2.47 bits per heavy atom. The fourth-order valence-corrected chi connectivity index (χ4v) is 3.33. The van der Waals surface area contributed by atoms with Crippen molar-refractivity contribution in [3.63, 3.8) is 0 Å². The van der Waals surface area contributed by atoms with Crippen molar-refractivity contribution in [2.75, 3.05) is 7.05 Å². The number of hydrogen-bond donors (Lipinski definition) is 0. The lowest BCUT2D eigenvalue weighted by Crippen LogP contribution is -2.25. The Balaban J connectivity index is 1.87. The molecule has 0 spiro atoms. The molecule has 3 rings (SSSR count). The predicted octanol–water partition coefficient (Wildman–Crippen LogP) is 2.78. The van der Waals surface area contributed by atoms with E-state index < -0.39 is 0 Å². The molecule has 2 aliphatic heterocycles. The smallest absolute Gasteiger partial charge is 0.123 e. The lowest BCUT2D eigenvalue weighted by molar-refractivity contribution is 0.307. The van der Waals surface area contributed by atoms with E-state index in [1.54, 1.807) is 12.1 Å². The highest BCUT2D eigenvalue weighted by atomic mass is 19.1. The summed E-state index contributed by atoms with van der Waals surface area (Å²) in [6.07, 6.45) is 3.91. The van der Waals surface area contributed by atoms with E-state index >= 15 is 0 Å². The van der Waals surface area contributed by atoms with Crippen molar-refractivity contribution in [2.45, 2.75) is 37.3 Å². The van der Waals surface area contributed by atoms with Crippen LogP contribution in [0.2, 0.25) is 0 Å². The van der Waals surface area contributed by atoms with Crippen LogP contribution in [-0.2, 0) is 0 Å². The summed E-state index contributed by atoms with van der Waals surface area (Å²) in [7, 11) is 2.23. The topological polar surface area (TPSA) is 3.24 Å². The first-order valence-electron chi connectivity index (χ1n) is 5.73. The van der Waals surface area contributed by atoms with Crippen LogP contribution in [-0.4, -0.2) is 24.0 Å². The molecule has 80 valence electrons. The summed E-state index contributed by atoms with van der Waals surface area (Å²) >= 11 is 0. The molecule has 2 heteroatoms. The van der Waals surface area contributed by atoms with Gasteiger partial charge in [-0.3, -0.25) is 4.90 Å². The molecule has 1 aromatic rings. The van der Waals surface area contributed by atoms with E-state index in [1.165, 1.54) is 24.8 Å². The summed E-state index contributed by atoms with van der Waals surface area (Å²) < 4.78 is 12.8. The lowest BCUT2D eigenvalue weighted by atomic mass is 9.84. The van der Waals surface area contributed by atoms with Gasteiger partial charge in [0.25, 0.3) is 0 Å². The molecular formula is C13H16FN. The van der Waals surface area contributed by atoms with Crippen LogP contribution in [0, 0.1) is 5.82 Å². The Morgan fingerprint density at radius 1 is 1.20 bits per heavy atom. The zero-order valence-electron chi connectivity index (χ0n) is 8.99. The van der Waals surface area contributed by atoms with Gasteiger partial charge >= 0.3 is 0 Å². The Bertz CT molecular complexity index is 359. The minimum absolute atomic E-state index is 0.129. The van der Waals surface area contributed by atoms with Gasteiger partial charge in [0.15, 0.2) is 0 Å². The molecule has 2 bridgehead atoms. The fourth-order valence-electron chi connectivity index (χ4n) is 3.33. The molecule has 0 saturated carbocycles. The summed E-state index contributed by atoms with van der Waals surface area (Å²) in [6.45, 7) is 0. The highest BCUT2D eigenvalue weighted by Gasteiger charge is 2.44. The van der Waals surface area contributed by atoms with Crippen LogP contribution in [0.1, 0.15) is 30.7 Å². The van der Waals surface area contributed by atoms with Crippen LogP contribution >= 0.6 is 0 Å². The van der Waals surface area contributed by atoms with Gasteiger partial charge in [-0.05, 0) is 44.0 Å². The van der Waals surface area contributed by atoms with Crippen molar-refractivity contribution in [2.24, 2.45) is 0 Å². The maximum atomic E-state index is 12.8. The molecule has 2 fully saturated rings. The third kappa shape index (κ3) is 1.39. The maximum absolute atomic E-state index is 12.8. The van der Waals surface area contributed by atoms with Gasteiger partial charge in [-0.25, -0.2) is 4.39 Å². The first-order chi connectivity index (χ1) is 7.25. The van der Waals surface area contributed by atoms with Crippen LogP contribution < -0.4 is 0 Å². The molecular weight excluding hydrogens is 190 g/mol. The van der Waals surface area contributed by atoms with Crippen LogP contribution in [0.3, 0.4) is 0 Å². The number of nitrogens with zero attached hydrogens (tertiary/aromatic N) is 1. The Labute approximate surface area is 89.9 Å². The van der Waals surface area contributed by atoms with Crippen LogP contribution in [0.25, 0.3) is 0 Å². The molecule has 15 heavy (non-hydrogen) atoms. The van der Waals surface area contributed by atoms with Gasteiger partial charge in [0.2, 0.25) is 0 Å². The minimum atomic E-state index is -0.129. The number of fused-ring (bicyclic) bond motifs is 2. The van der Waals surface area contributed by atoms with E-state index in [-0.39, 0.29) is 5.82 Å². The highest BCUT2D eigenvalue weighted by Crippen LogP contribution is 2.45. The van der Waals surface area contributed by atoms with Gasteiger partial charge in [-0.2, -0.15) is 0 Å². The molecule has 0 N–H and O–H groups in total. The fraction of sp³-hybridized carbons (Fsp3) is 0.538. The van der Waals surface area contributed by atoms with Crippen LogP contribution in [0.4, 0.5) is 4.39 Å². The van der Waals surface area contributed by atoms with Crippen molar-refractivity contribution in [1.82, 2.24) is 4.90 Å². The first kappa shape index (κ1) is 9.34. The van der Waals surface area contributed by atoms with Gasteiger partial charge < -0.3 is 0 Å². The third-order valence-corrected chi connectivity index (χ3v) is 4.18. The zero-order chi connectivity index (χ0) is 10.4. The minimum Gasteiger partial charge on any atom is -0.300 e. The van der Waals surface area contributed by atoms with E-state index in [4.69, 9.17) is 0 Å². The highest BCUT2D eigenvalue weighted by molar-refractivity contribution is 5.25. The molecule has 0 aliphatic carbocycles. The van der Waals surface area contributed by atoms with Crippen LogP contribution in [0.15, 0.2) is 24.3 Å². The normalized spacial score (nSPS) is 34.9. The second-order valence-corrected chi connectivity index (χ2v) is 4.86. The van der Waals surface area contributed by atoms with E-state index in [2.05, 4.69) is 11.9 Å². The summed E-state index contributed by atoms with van der Waals surface area (Å²) in [4.78, 5) is 2.51. The van der Waals surface area contributed by atoms with E-state index in [9.17, 15) is 4.39 Å². The number of halogens is 1.